The quantitative estimate of drug-likeness (QED) is 0.00897. The van der Waals surface area contributed by atoms with Gasteiger partial charge < -0.3 is 58.5 Å². The summed E-state index contributed by atoms with van der Waals surface area (Å²) in [7, 11) is -20.0. The molecule has 0 unspecified atom stereocenters. The van der Waals surface area contributed by atoms with Gasteiger partial charge in [-0.05, 0) is 142 Å². The summed E-state index contributed by atoms with van der Waals surface area (Å²) >= 11 is 0. The van der Waals surface area contributed by atoms with E-state index in [1.807, 2.05) is 30.2 Å². The standard InChI is InChI=1S/C66H79N11O21S4/c1-4-76-39(31-46-45-32-41(99(87,88)89)34-54(101(93,94)95)43(45)23-25-52(46)76)14-7-5-8-17-56-66(2,3)60-47-33-42(100(90,91)92)35-55(102(96,97)98)44(47)24-26-53(60)77(56)29-12-6-9-18-57(79)69-27-11-10-15-49-62(84)73-48(16-13-28-70-65(67)68)61(83)71-37-58(80)72-51(36-59(81)82)64(86)75-50(63(85)74-49)30-38-19-21-40(78)22-20-38/h5,7-8,14,17,19-26,32-35,48-51H,4,6,9-13,15-16,18,27-31,36-37H2,1-3H3,(H15-,67,68,69,70,71,72,73,74,75,78,79,80,81,82,83,84,85,86,87,88,89,90,91,92,93,94,95,96,97,98)/p+1/t48-,49-,50+,51-/m0/s1. The van der Waals surface area contributed by atoms with Crippen LogP contribution >= 0.6 is 0 Å². The smallest absolute Gasteiger partial charge is 0.305 e. The van der Waals surface area contributed by atoms with E-state index in [9.17, 15) is 95.7 Å². The second-order valence-electron chi connectivity index (χ2n) is 25.0. The van der Waals surface area contributed by atoms with Crippen molar-refractivity contribution in [1.82, 2.24) is 31.9 Å². The van der Waals surface area contributed by atoms with E-state index in [1.165, 1.54) is 36.4 Å². The Labute approximate surface area is 587 Å². The maximum atomic E-state index is 14.3. The highest BCUT2D eigenvalue weighted by molar-refractivity contribution is 7.87. The van der Waals surface area contributed by atoms with Gasteiger partial charge in [0, 0.05) is 85.2 Å². The molecule has 3 aliphatic rings. The van der Waals surface area contributed by atoms with Crippen LogP contribution in [0.1, 0.15) is 102 Å². The van der Waals surface area contributed by atoms with Gasteiger partial charge in [0.1, 0.15) is 46.3 Å². The molecule has 548 valence electrons. The van der Waals surface area contributed by atoms with Crippen LogP contribution in [0.3, 0.4) is 0 Å². The van der Waals surface area contributed by atoms with Gasteiger partial charge in [0.2, 0.25) is 41.1 Å². The minimum atomic E-state index is -5.06. The lowest BCUT2D eigenvalue weighted by Crippen LogP contribution is -2.58. The molecule has 4 atom stereocenters. The lowest BCUT2D eigenvalue weighted by atomic mass is 9.79. The average Bonchev–Trinajstić information content (AvgIpc) is 1.53. The van der Waals surface area contributed by atoms with Crippen LogP contribution in [0, 0.1) is 0 Å². The van der Waals surface area contributed by atoms with Crippen LogP contribution in [0.15, 0.2) is 133 Å². The van der Waals surface area contributed by atoms with Crippen LogP contribution in [0.4, 0.5) is 11.4 Å². The van der Waals surface area contributed by atoms with Crippen LogP contribution in [-0.2, 0) is 92.3 Å². The van der Waals surface area contributed by atoms with E-state index in [4.69, 9.17) is 11.5 Å². The molecule has 0 spiro atoms. The fraction of sp³-hybridized carbons (Fsp3) is 0.379. The molecule has 1 fully saturated rings. The number of phenolic OH excluding ortho intramolecular Hbond substituents is 1. The molecule has 0 radical (unpaired) electrons. The number of carboxylic acid groups (broad SMARTS) is 1. The number of nitrogens with one attached hydrogen (secondary N) is 6. The van der Waals surface area contributed by atoms with Crippen molar-refractivity contribution in [1.29, 1.82) is 0 Å². The van der Waals surface area contributed by atoms with Gasteiger partial charge in [-0.3, -0.25) is 56.8 Å². The topological polar surface area (TPSA) is 520 Å². The van der Waals surface area contributed by atoms with Crippen molar-refractivity contribution < 1.29 is 100 Å². The number of nitrogens with zero attached hydrogens (tertiary/aromatic N) is 3. The molecule has 36 heteroatoms. The summed E-state index contributed by atoms with van der Waals surface area (Å²) in [6, 6.07) is 9.47. The number of anilines is 1. The highest BCUT2D eigenvalue weighted by atomic mass is 32.2. The predicted molar refractivity (Wildman–Crippen MR) is 373 cm³/mol. The summed E-state index contributed by atoms with van der Waals surface area (Å²) < 4.78 is 143. The van der Waals surface area contributed by atoms with E-state index >= 15 is 0 Å². The Bertz CT molecular complexity index is 4800. The number of aliphatic imine (C=N–C) groups is 1. The Morgan fingerprint density at radius 2 is 1.25 bits per heavy atom. The molecular weight excluding hydrogens is 1410 g/mol. The maximum Gasteiger partial charge on any atom is 0.305 e. The van der Waals surface area contributed by atoms with Crippen LogP contribution in [0.25, 0.3) is 21.5 Å². The SMILES string of the molecule is CCN1/C(=C/C=C/C=C/C2=[N+](CCCCCC(=O)NCCCC[C@@H]3NC(=O)[C@@H](Cc4ccc(O)cc4)NC(=O)[C@H](CC(=O)O)NC(=O)CNC(=O)[C@H](CCCN=C(N)N)NC3=O)c3ccc4c(S(=O)(=O)O)cc(S(=O)(=O)O)cc4c3C2(C)C)Cc2c1ccc1c(S(=O)(=O)O)cc(S(=O)(=O)O)cc21. The van der Waals surface area contributed by atoms with Gasteiger partial charge in [0.15, 0.2) is 11.7 Å². The summed E-state index contributed by atoms with van der Waals surface area (Å²) in [5, 5.41) is 35.1. The minimum Gasteiger partial charge on any atom is -0.508 e. The van der Waals surface area contributed by atoms with Gasteiger partial charge >= 0.3 is 5.97 Å². The van der Waals surface area contributed by atoms with Crippen molar-refractivity contribution in [3.05, 3.63) is 126 Å². The Morgan fingerprint density at radius 1 is 0.667 bits per heavy atom. The number of carbonyl (C=O) groups is 7. The normalized spacial score (nSPS) is 19.1. The summed E-state index contributed by atoms with van der Waals surface area (Å²) in [4.78, 5) is 96.8. The van der Waals surface area contributed by atoms with Crippen LogP contribution < -0.4 is 48.3 Å². The summed E-state index contributed by atoms with van der Waals surface area (Å²) in [6.07, 6.45) is 9.71. The molecule has 5 aromatic carbocycles. The number of amides is 6. The largest absolute Gasteiger partial charge is 0.508 e. The monoisotopic (exact) mass is 1490 g/mol. The third-order valence-electron chi connectivity index (χ3n) is 17.5. The van der Waals surface area contributed by atoms with Crippen molar-refractivity contribution >= 4 is 126 Å². The molecule has 102 heavy (non-hydrogen) atoms. The summed E-state index contributed by atoms with van der Waals surface area (Å²) in [5.41, 5.74) is 13.8. The van der Waals surface area contributed by atoms with Crippen molar-refractivity contribution in [2.24, 2.45) is 16.5 Å². The van der Waals surface area contributed by atoms with Gasteiger partial charge in [0.05, 0.1) is 28.2 Å². The molecule has 0 saturated carbocycles. The number of hydrogen-bond acceptors (Lipinski definition) is 18. The Morgan fingerprint density at radius 3 is 1.87 bits per heavy atom. The number of unbranched alkanes of at least 4 members (excludes halogenated alkanes) is 3. The lowest BCUT2D eigenvalue weighted by Gasteiger charge is -2.26. The summed E-state index contributed by atoms with van der Waals surface area (Å²) in [5.74, 6) is -6.73. The molecule has 1 saturated heterocycles. The molecule has 0 bridgehead atoms. The molecule has 32 nitrogen and oxygen atoms in total. The number of allylic oxidation sites excluding steroid dienone is 6. The summed E-state index contributed by atoms with van der Waals surface area (Å²) in [6.45, 7) is 5.66. The number of benzene rings is 5. The fourth-order valence-corrected chi connectivity index (χ4v) is 15.4. The zero-order valence-corrected chi connectivity index (χ0v) is 58.8. The average molecular weight is 1490 g/mol. The number of aromatic hydroxyl groups is 1. The van der Waals surface area contributed by atoms with Gasteiger partial charge in [-0.25, -0.2) is 0 Å². The highest BCUT2D eigenvalue weighted by Crippen LogP contribution is 2.47. The van der Waals surface area contributed by atoms with E-state index in [0.29, 0.717) is 84.0 Å². The molecule has 3 aliphatic heterocycles. The zero-order chi connectivity index (χ0) is 74.8. The number of phenols is 1. The zero-order valence-electron chi connectivity index (χ0n) is 55.6. The number of carboxylic acids is 1. The number of hydrogen-bond donors (Lipinski definition) is 14. The van der Waals surface area contributed by atoms with Gasteiger partial charge in [0.25, 0.3) is 40.5 Å². The number of fused-ring (bicyclic) bond motifs is 6. The second kappa shape index (κ2) is 32.5. The molecule has 0 aliphatic carbocycles. The van der Waals surface area contributed by atoms with Crippen molar-refractivity contribution in [2.75, 3.05) is 37.6 Å². The molecule has 6 amide bonds. The first-order chi connectivity index (χ1) is 47.9. The maximum absolute atomic E-state index is 14.3. The third-order valence-corrected chi connectivity index (χ3v) is 20.9. The third kappa shape index (κ3) is 19.5. The van der Waals surface area contributed by atoms with Gasteiger partial charge in [-0.1, -0.05) is 36.4 Å². The van der Waals surface area contributed by atoms with Gasteiger partial charge in [-0.15, -0.1) is 0 Å². The molecular formula is C66H80N11O21S4+. The molecule has 3 heterocycles. The number of guanidine groups is 1. The minimum absolute atomic E-state index is 0.0262. The molecule has 0 aromatic heterocycles. The number of likely N-dealkylation sites (N-methyl/N-ethyl adjacent to an activating group) is 1. The first-order valence-electron chi connectivity index (χ1n) is 32.2. The van der Waals surface area contributed by atoms with Crippen molar-refractivity contribution in [3.8, 4) is 5.75 Å². The first-order valence-corrected chi connectivity index (χ1v) is 38.0. The van der Waals surface area contributed by atoms with E-state index in [-0.39, 0.29) is 104 Å². The Hall–Kier alpha value is -9.69. The van der Waals surface area contributed by atoms with Crippen molar-refractivity contribution in [2.45, 2.75) is 147 Å². The Kier molecular flexibility index (Phi) is 24.9. The number of aliphatic carboxylic acids is 1. The van der Waals surface area contributed by atoms with Crippen LogP contribution in [0.5, 0.6) is 5.75 Å². The lowest BCUT2D eigenvalue weighted by molar-refractivity contribution is -0.438. The van der Waals surface area contributed by atoms with E-state index in [0.717, 1.165) is 12.1 Å². The van der Waals surface area contributed by atoms with Crippen LogP contribution in [0.2, 0.25) is 0 Å². The number of carbonyl (C=O) groups excluding carboxylic acids is 6. The number of rotatable bonds is 27. The first kappa shape index (κ1) is 78.0. The molecule has 16 N–H and O–H groups in total. The van der Waals surface area contributed by atoms with E-state index in [1.54, 1.807) is 42.5 Å². The van der Waals surface area contributed by atoms with Gasteiger partial charge in [-0.2, -0.15) is 38.2 Å². The number of nitrogens with two attached hydrogens (primary N) is 2. The van der Waals surface area contributed by atoms with E-state index < -0.39 is 138 Å². The molecule has 5 aromatic rings. The van der Waals surface area contributed by atoms with E-state index in [2.05, 4.69) is 36.9 Å². The second-order valence-corrected chi connectivity index (χ2v) is 30.7. The van der Waals surface area contributed by atoms with Crippen LogP contribution in [-0.4, -0.2) is 177 Å². The predicted octanol–water partition coefficient (Wildman–Crippen LogP) is 2.83. The highest BCUT2D eigenvalue weighted by Gasteiger charge is 2.46. The Balaban J connectivity index is 0.974. The molecule has 8 rings (SSSR count). The fourth-order valence-electron chi connectivity index (χ4n) is 12.7. The van der Waals surface area contributed by atoms with Crippen molar-refractivity contribution in [3.63, 3.8) is 0 Å².